The van der Waals surface area contributed by atoms with Gasteiger partial charge in [0.2, 0.25) is 0 Å². The standard InChI is InChI=1S/C22H21NO.C15H13Br.C7H9NO/c1-22(2)20-7-5-4-6-18(20)19-13-10-16(14-21(19)22)23-15-8-11-17(24-3)12-9-15;1-15(2)13-6-4-3-5-11(13)12-8-7-10(16)9-14(12)15;1-9-7-4-2-6(8)3-5-7/h4-14,23H,1-3H3;3-9H,1-2H3;2-5H,8H2,1H3. The van der Waals surface area contributed by atoms with Gasteiger partial charge >= 0.3 is 0 Å². The van der Waals surface area contributed by atoms with Crippen LogP contribution in [0.25, 0.3) is 22.3 Å². The van der Waals surface area contributed by atoms with Crippen molar-refractivity contribution < 1.29 is 9.47 Å². The number of fused-ring (bicyclic) bond motifs is 6. The predicted molar refractivity (Wildman–Crippen MR) is 209 cm³/mol. The first kappa shape index (κ1) is 33.9. The fraction of sp³-hybridized carbons (Fsp3) is 0.182. The lowest BCUT2D eigenvalue weighted by molar-refractivity contribution is 0.415. The van der Waals surface area contributed by atoms with E-state index >= 15 is 0 Å². The number of nitrogens with two attached hydrogens (primary N) is 1. The summed E-state index contributed by atoms with van der Waals surface area (Å²) in [6.07, 6.45) is 0. The normalized spacial score (nSPS) is 13.6. The molecule has 8 rings (SSSR count). The number of rotatable bonds is 4. The van der Waals surface area contributed by atoms with E-state index in [9.17, 15) is 0 Å². The first-order chi connectivity index (χ1) is 23.5. The second kappa shape index (κ2) is 13.9. The number of halogens is 1. The Labute approximate surface area is 299 Å². The number of anilines is 3. The minimum absolute atomic E-state index is 0.0313. The molecule has 0 spiro atoms. The van der Waals surface area contributed by atoms with E-state index in [-0.39, 0.29) is 10.8 Å². The third kappa shape index (κ3) is 6.81. The number of hydrogen-bond acceptors (Lipinski definition) is 4. The molecule has 0 unspecified atom stereocenters. The van der Waals surface area contributed by atoms with Gasteiger partial charge in [0.15, 0.2) is 0 Å². The van der Waals surface area contributed by atoms with Crippen LogP contribution in [-0.4, -0.2) is 14.2 Å². The van der Waals surface area contributed by atoms with Crippen LogP contribution in [0.15, 0.2) is 138 Å². The van der Waals surface area contributed by atoms with Crippen LogP contribution < -0.4 is 20.5 Å². The molecule has 0 amide bonds. The molecular formula is C44H43BrN2O2. The second-order valence-corrected chi connectivity index (χ2v) is 14.3. The van der Waals surface area contributed by atoms with Crippen LogP contribution >= 0.6 is 15.9 Å². The molecule has 0 radical (unpaired) electrons. The Morgan fingerprint density at radius 2 is 0.918 bits per heavy atom. The van der Waals surface area contributed by atoms with Gasteiger partial charge in [0.1, 0.15) is 11.5 Å². The molecule has 5 heteroatoms. The van der Waals surface area contributed by atoms with Crippen molar-refractivity contribution in [2.75, 3.05) is 25.3 Å². The zero-order valence-electron chi connectivity index (χ0n) is 29.0. The third-order valence-corrected chi connectivity index (χ3v) is 10.1. The van der Waals surface area contributed by atoms with Crippen molar-refractivity contribution in [3.05, 3.63) is 160 Å². The highest BCUT2D eigenvalue weighted by Gasteiger charge is 2.36. The maximum absolute atomic E-state index is 5.43. The number of nitrogen functional groups attached to an aromatic ring is 1. The smallest absolute Gasteiger partial charge is 0.119 e. The molecule has 0 heterocycles. The van der Waals surface area contributed by atoms with Crippen LogP contribution in [0.3, 0.4) is 0 Å². The van der Waals surface area contributed by atoms with E-state index in [0.717, 1.165) is 33.0 Å². The molecule has 3 N–H and O–H groups in total. The van der Waals surface area contributed by atoms with Crippen LogP contribution in [0.4, 0.5) is 17.1 Å². The lowest BCUT2D eigenvalue weighted by Crippen LogP contribution is -2.15. The van der Waals surface area contributed by atoms with E-state index in [1.165, 1.54) is 44.5 Å². The quantitative estimate of drug-likeness (QED) is 0.179. The van der Waals surface area contributed by atoms with E-state index in [0.29, 0.717) is 0 Å². The van der Waals surface area contributed by atoms with Gasteiger partial charge < -0.3 is 20.5 Å². The Hall–Kier alpha value is -5.00. The molecular weight excluding hydrogens is 668 g/mol. The predicted octanol–water partition coefficient (Wildman–Crippen LogP) is 11.8. The van der Waals surface area contributed by atoms with Crippen molar-refractivity contribution in [2.45, 2.75) is 38.5 Å². The van der Waals surface area contributed by atoms with Gasteiger partial charge in [-0.05, 0) is 117 Å². The molecule has 2 aliphatic rings. The summed E-state index contributed by atoms with van der Waals surface area (Å²) in [5.41, 5.74) is 19.6. The number of hydrogen-bond donors (Lipinski definition) is 2. The molecule has 2 aliphatic carbocycles. The largest absolute Gasteiger partial charge is 0.497 e. The monoisotopic (exact) mass is 710 g/mol. The van der Waals surface area contributed by atoms with Gasteiger partial charge in [0.05, 0.1) is 14.2 Å². The topological polar surface area (TPSA) is 56.5 Å². The lowest BCUT2D eigenvalue weighted by Gasteiger charge is -2.22. The molecule has 0 aromatic heterocycles. The second-order valence-electron chi connectivity index (χ2n) is 13.4. The highest BCUT2D eigenvalue weighted by atomic mass is 79.9. The lowest BCUT2D eigenvalue weighted by atomic mass is 9.82. The van der Waals surface area contributed by atoms with Crippen molar-refractivity contribution in [1.82, 2.24) is 0 Å². The van der Waals surface area contributed by atoms with E-state index in [2.05, 4.69) is 134 Å². The van der Waals surface area contributed by atoms with E-state index in [1.54, 1.807) is 26.4 Å². The first-order valence-electron chi connectivity index (χ1n) is 16.5. The van der Waals surface area contributed by atoms with Gasteiger partial charge in [-0.2, -0.15) is 0 Å². The maximum Gasteiger partial charge on any atom is 0.119 e. The molecule has 248 valence electrons. The maximum atomic E-state index is 5.43. The fourth-order valence-electron chi connectivity index (χ4n) is 6.90. The summed E-state index contributed by atoms with van der Waals surface area (Å²) in [5, 5.41) is 3.49. The zero-order valence-corrected chi connectivity index (χ0v) is 30.6. The Kier molecular flexibility index (Phi) is 9.58. The number of benzene rings is 6. The zero-order chi connectivity index (χ0) is 34.8. The number of ether oxygens (including phenoxy) is 2. The average Bonchev–Trinajstić information content (AvgIpc) is 3.48. The fourth-order valence-corrected chi connectivity index (χ4v) is 7.26. The Morgan fingerprint density at radius 1 is 0.490 bits per heavy atom. The first-order valence-corrected chi connectivity index (χ1v) is 17.3. The molecule has 0 saturated heterocycles. The van der Waals surface area contributed by atoms with Crippen molar-refractivity contribution in [3.63, 3.8) is 0 Å². The summed E-state index contributed by atoms with van der Waals surface area (Å²) < 4.78 is 11.3. The van der Waals surface area contributed by atoms with Crippen LogP contribution in [0.5, 0.6) is 11.5 Å². The summed E-state index contributed by atoms with van der Waals surface area (Å²) in [6.45, 7) is 9.19. The van der Waals surface area contributed by atoms with Crippen molar-refractivity contribution >= 4 is 33.0 Å². The highest BCUT2D eigenvalue weighted by molar-refractivity contribution is 9.10. The van der Waals surface area contributed by atoms with Gasteiger partial charge in [-0.15, -0.1) is 0 Å². The molecule has 0 saturated carbocycles. The van der Waals surface area contributed by atoms with Gasteiger partial charge in [-0.3, -0.25) is 0 Å². The summed E-state index contributed by atoms with van der Waals surface area (Å²) >= 11 is 3.56. The summed E-state index contributed by atoms with van der Waals surface area (Å²) in [7, 11) is 3.31. The van der Waals surface area contributed by atoms with Crippen LogP contribution in [0.1, 0.15) is 49.9 Å². The molecule has 6 aromatic carbocycles. The van der Waals surface area contributed by atoms with E-state index < -0.39 is 0 Å². The Bertz CT molecular complexity index is 2080. The average molecular weight is 712 g/mol. The van der Waals surface area contributed by atoms with Crippen molar-refractivity contribution in [1.29, 1.82) is 0 Å². The molecule has 0 fully saturated rings. The van der Waals surface area contributed by atoms with Gasteiger partial charge in [-0.25, -0.2) is 0 Å². The minimum atomic E-state index is 0.0313. The van der Waals surface area contributed by atoms with Crippen molar-refractivity contribution in [2.24, 2.45) is 0 Å². The summed E-state index contributed by atoms with van der Waals surface area (Å²) in [6, 6.07) is 45.9. The molecule has 6 aromatic rings. The Balaban J connectivity index is 0.000000143. The van der Waals surface area contributed by atoms with E-state index in [4.69, 9.17) is 15.2 Å². The number of methoxy groups -OCH3 is 2. The molecule has 0 aliphatic heterocycles. The molecule has 0 bridgehead atoms. The molecule has 0 atom stereocenters. The third-order valence-electron chi connectivity index (χ3n) is 9.62. The van der Waals surface area contributed by atoms with Crippen molar-refractivity contribution in [3.8, 4) is 33.8 Å². The minimum Gasteiger partial charge on any atom is -0.497 e. The van der Waals surface area contributed by atoms with Crippen LogP contribution in [-0.2, 0) is 10.8 Å². The van der Waals surface area contributed by atoms with Crippen LogP contribution in [0, 0.1) is 0 Å². The Morgan fingerprint density at radius 3 is 1.45 bits per heavy atom. The van der Waals surface area contributed by atoms with Gasteiger partial charge in [0, 0.05) is 32.4 Å². The highest BCUT2D eigenvalue weighted by Crippen LogP contribution is 2.50. The van der Waals surface area contributed by atoms with E-state index in [1.807, 2.05) is 36.4 Å². The van der Waals surface area contributed by atoms with Gasteiger partial charge in [0.25, 0.3) is 0 Å². The van der Waals surface area contributed by atoms with Crippen LogP contribution in [0.2, 0.25) is 0 Å². The summed E-state index contributed by atoms with van der Waals surface area (Å²) in [5.74, 6) is 1.70. The molecule has 49 heavy (non-hydrogen) atoms. The SMILES string of the molecule is CC1(C)c2ccccc2-c2ccc(Br)cc21.COc1ccc(N)cc1.COc1ccc(Nc2ccc3c(c2)C(C)(C)c2ccccc2-3)cc1. The number of nitrogens with one attached hydrogen (secondary N) is 1. The molecule has 4 nitrogen and oxygen atoms in total. The van der Waals surface area contributed by atoms with Gasteiger partial charge in [-0.1, -0.05) is 104 Å². The summed E-state index contributed by atoms with van der Waals surface area (Å²) in [4.78, 5) is 0.